The van der Waals surface area contributed by atoms with Crippen molar-refractivity contribution in [1.29, 1.82) is 0 Å². The van der Waals surface area contributed by atoms with E-state index in [-0.39, 0.29) is 30.2 Å². The zero-order valence-corrected chi connectivity index (χ0v) is 17.2. The van der Waals surface area contributed by atoms with Crippen LogP contribution in [0, 0.1) is 6.92 Å². The van der Waals surface area contributed by atoms with E-state index in [1.807, 2.05) is 0 Å². The van der Waals surface area contributed by atoms with Gasteiger partial charge in [-0.2, -0.15) is 13.2 Å². The molecule has 1 heterocycles. The van der Waals surface area contributed by atoms with Crippen LogP contribution >= 0.6 is 0 Å². The molecule has 0 radical (unpaired) electrons. The summed E-state index contributed by atoms with van der Waals surface area (Å²) in [6.07, 6.45) is -4.57. The van der Waals surface area contributed by atoms with Crippen molar-refractivity contribution < 1.29 is 32.2 Å². The molecule has 3 aromatic rings. The average Bonchev–Trinajstić information content (AvgIpc) is 2.73. The highest BCUT2D eigenvalue weighted by Crippen LogP contribution is 2.35. The van der Waals surface area contributed by atoms with Gasteiger partial charge in [0.15, 0.2) is 0 Å². The summed E-state index contributed by atoms with van der Waals surface area (Å²) < 4.78 is 55.1. The summed E-state index contributed by atoms with van der Waals surface area (Å²) in [6.45, 7) is 2.01. The van der Waals surface area contributed by atoms with Gasteiger partial charge in [-0.3, -0.25) is 9.78 Å². The number of carbonyl (C=O) groups is 1. The lowest BCUT2D eigenvalue weighted by atomic mass is 10.1. The molecule has 0 saturated carbocycles. The Balaban J connectivity index is 1.96. The number of hydrogen-bond acceptors (Lipinski definition) is 5. The van der Waals surface area contributed by atoms with Crippen molar-refractivity contribution in [1.82, 2.24) is 4.98 Å². The van der Waals surface area contributed by atoms with Crippen molar-refractivity contribution in [2.45, 2.75) is 13.1 Å². The second kappa shape index (κ2) is 9.22. The van der Waals surface area contributed by atoms with E-state index in [0.717, 1.165) is 12.1 Å². The van der Waals surface area contributed by atoms with Crippen molar-refractivity contribution in [2.75, 3.05) is 32.8 Å². The molecule has 0 bridgehead atoms. The number of aromatic nitrogens is 1. The first-order valence-corrected chi connectivity index (χ1v) is 9.32. The van der Waals surface area contributed by atoms with Gasteiger partial charge in [0.1, 0.15) is 18.1 Å². The van der Waals surface area contributed by atoms with Crippen LogP contribution in [0.3, 0.4) is 0 Å². The molecule has 1 aromatic heterocycles. The zero-order valence-electron chi connectivity index (χ0n) is 17.2. The Hall–Kier alpha value is -3.33. The Morgan fingerprint density at radius 3 is 2.52 bits per heavy atom. The van der Waals surface area contributed by atoms with Crippen molar-refractivity contribution in [3.8, 4) is 11.5 Å². The van der Waals surface area contributed by atoms with Gasteiger partial charge in [-0.15, -0.1) is 0 Å². The maximum atomic E-state index is 13.2. The number of hydrogen-bond donors (Lipinski definition) is 1. The number of methoxy groups -OCH3 is 2. The van der Waals surface area contributed by atoms with E-state index < -0.39 is 17.6 Å². The molecular weight excluding hydrogens is 413 g/mol. The topological polar surface area (TPSA) is 69.7 Å². The Morgan fingerprint density at radius 1 is 1.06 bits per heavy atom. The average molecular weight is 434 g/mol. The molecule has 0 unspecified atom stereocenters. The van der Waals surface area contributed by atoms with Crippen LogP contribution in [-0.2, 0) is 10.9 Å². The van der Waals surface area contributed by atoms with Crippen LogP contribution in [0.15, 0.2) is 42.5 Å². The number of alkyl halides is 3. The number of pyridine rings is 1. The van der Waals surface area contributed by atoms with Crippen molar-refractivity contribution in [3.63, 3.8) is 0 Å². The van der Waals surface area contributed by atoms with Crippen molar-refractivity contribution in [3.05, 3.63) is 59.3 Å². The van der Waals surface area contributed by atoms with E-state index in [4.69, 9.17) is 14.2 Å². The molecule has 0 aliphatic heterocycles. The standard InChI is InChI=1S/C22H21F3N2O4/c1-13-17(11-14-10-16(30-3)5-6-18(14)26-13)21(28)27-19-12-15(22(23,24)25)4-7-20(19)31-9-8-29-2/h4-7,10-12H,8-9H2,1-3H3,(H,27,28). The molecule has 9 heteroatoms. The number of benzene rings is 2. The van der Waals surface area contributed by atoms with Gasteiger partial charge >= 0.3 is 6.18 Å². The van der Waals surface area contributed by atoms with Crippen LogP contribution in [0.5, 0.6) is 11.5 Å². The number of nitrogens with one attached hydrogen (secondary N) is 1. The highest BCUT2D eigenvalue weighted by molar-refractivity contribution is 6.07. The van der Waals surface area contributed by atoms with Crippen LogP contribution in [0.4, 0.5) is 18.9 Å². The van der Waals surface area contributed by atoms with E-state index >= 15 is 0 Å². The lowest BCUT2D eigenvalue weighted by Gasteiger charge is -2.16. The number of carbonyl (C=O) groups excluding carboxylic acids is 1. The summed E-state index contributed by atoms with van der Waals surface area (Å²) in [7, 11) is 3.00. The quantitative estimate of drug-likeness (QED) is 0.539. The molecular formula is C22H21F3N2O4. The first-order chi connectivity index (χ1) is 14.7. The number of fused-ring (bicyclic) bond motifs is 1. The molecule has 0 saturated heterocycles. The smallest absolute Gasteiger partial charge is 0.416 e. The summed E-state index contributed by atoms with van der Waals surface area (Å²) in [6, 6.07) is 9.76. The van der Waals surface area contributed by atoms with E-state index in [2.05, 4.69) is 10.3 Å². The number of aryl methyl sites for hydroxylation is 1. The summed E-state index contributed by atoms with van der Waals surface area (Å²) in [5, 5.41) is 3.19. The van der Waals surface area contributed by atoms with Gasteiger partial charge in [0.25, 0.3) is 5.91 Å². The predicted octanol–water partition coefficient (Wildman–Crippen LogP) is 4.85. The second-order valence-corrected chi connectivity index (χ2v) is 6.68. The minimum Gasteiger partial charge on any atom is -0.497 e. The van der Waals surface area contributed by atoms with Gasteiger partial charge in [0.05, 0.1) is 41.7 Å². The lowest BCUT2D eigenvalue weighted by molar-refractivity contribution is -0.137. The van der Waals surface area contributed by atoms with Gasteiger partial charge in [-0.25, -0.2) is 0 Å². The SMILES string of the molecule is COCCOc1ccc(C(F)(F)F)cc1NC(=O)c1cc2cc(OC)ccc2nc1C. The Morgan fingerprint density at radius 2 is 1.84 bits per heavy atom. The van der Waals surface area contributed by atoms with E-state index in [9.17, 15) is 18.0 Å². The minimum atomic E-state index is -4.57. The summed E-state index contributed by atoms with van der Waals surface area (Å²) >= 11 is 0. The summed E-state index contributed by atoms with van der Waals surface area (Å²) in [4.78, 5) is 17.3. The molecule has 1 N–H and O–H groups in total. The van der Waals surface area contributed by atoms with Crippen molar-refractivity contribution >= 4 is 22.5 Å². The highest BCUT2D eigenvalue weighted by atomic mass is 19.4. The summed E-state index contributed by atoms with van der Waals surface area (Å²) in [5.41, 5.74) is 0.323. The molecule has 164 valence electrons. The van der Waals surface area contributed by atoms with Crippen LogP contribution in [0.25, 0.3) is 10.9 Å². The molecule has 0 aliphatic rings. The maximum Gasteiger partial charge on any atom is 0.416 e. The predicted molar refractivity (Wildman–Crippen MR) is 110 cm³/mol. The third-order valence-corrected chi connectivity index (χ3v) is 4.56. The molecule has 6 nitrogen and oxygen atoms in total. The van der Waals surface area contributed by atoms with Gasteiger partial charge in [-0.05, 0) is 49.4 Å². The monoisotopic (exact) mass is 434 g/mol. The van der Waals surface area contributed by atoms with Crippen LogP contribution < -0.4 is 14.8 Å². The van der Waals surface area contributed by atoms with Crippen LogP contribution in [0.2, 0.25) is 0 Å². The van der Waals surface area contributed by atoms with Gasteiger partial charge in [0.2, 0.25) is 0 Å². The molecule has 1 amide bonds. The zero-order chi connectivity index (χ0) is 22.6. The number of amides is 1. The Kier molecular flexibility index (Phi) is 6.65. The molecule has 2 aromatic carbocycles. The van der Waals surface area contributed by atoms with E-state index in [1.165, 1.54) is 20.3 Å². The van der Waals surface area contributed by atoms with Gasteiger partial charge < -0.3 is 19.5 Å². The number of halogens is 3. The third-order valence-electron chi connectivity index (χ3n) is 4.56. The Bertz CT molecular complexity index is 1100. The normalized spacial score (nSPS) is 11.4. The number of ether oxygens (including phenoxy) is 3. The lowest BCUT2D eigenvalue weighted by Crippen LogP contribution is -2.17. The molecule has 0 fully saturated rings. The van der Waals surface area contributed by atoms with E-state index in [1.54, 1.807) is 31.2 Å². The van der Waals surface area contributed by atoms with E-state index in [0.29, 0.717) is 22.3 Å². The first-order valence-electron chi connectivity index (χ1n) is 9.32. The van der Waals surface area contributed by atoms with Crippen LogP contribution in [-0.4, -0.2) is 38.3 Å². The number of nitrogens with zero attached hydrogens (tertiary/aromatic N) is 1. The van der Waals surface area contributed by atoms with Gasteiger partial charge in [0, 0.05) is 12.5 Å². The fraction of sp³-hybridized carbons (Fsp3) is 0.273. The Labute approximate surface area is 176 Å². The summed E-state index contributed by atoms with van der Waals surface area (Å²) in [5.74, 6) is 0.0910. The minimum absolute atomic E-state index is 0.0962. The highest BCUT2D eigenvalue weighted by Gasteiger charge is 2.31. The maximum absolute atomic E-state index is 13.2. The first kappa shape index (κ1) is 22.4. The number of anilines is 1. The number of rotatable bonds is 7. The molecule has 0 spiro atoms. The fourth-order valence-corrected chi connectivity index (χ4v) is 2.96. The molecule has 31 heavy (non-hydrogen) atoms. The third kappa shape index (κ3) is 5.24. The van der Waals surface area contributed by atoms with Gasteiger partial charge in [-0.1, -0.05) is 0 Å². The molecule has 0 aliphatic carbocycles. The molecule has 0 atom stereocenters. The fourth-order valence-electron chi connectivity index (χ4n) is 2.96. The van der Waals surface area contributed by atoms with Crippen LogP contribution in [0.1, 0.15) is 21.6 Å². The molecule has 3 rings (SSSR count). The van der Waals surface area contributed by atoms with Crippen molar-refractivity contribution in [2.24, 2.45) is 0 Å². The second-order valence-electron chi connectivity index (χ2n) is 6.68. The largest absolute Gasteiger partial charge is 0.497 e.